The Labute approximate surface area is 138 Å². The zero-order valence-corrected chi connectivity index (χ0v) is 15.7. The molecule has 0 saturated carbocycles. The van der Waals surface area contributed by atoms with Gasteiger partial charge in [-0.05, 0) is 71.7 Å². The SMILES string of the molecule is Cc1ccc(NS(=O)(=O)c2c(C)nn(C(C)(C)C)c2C)cc1C. The summed E-state index contributed by atoms with van der Waals surface area (Å²) in [5.41, 5.74) is 3.61. The first-order chi connectivity index (χ1) is 10.4. The molecule has 2 rings (SSSR count). The van der Waals surface area contributed by atoms with Crippen molar-refractivity contribution in [3.05, 3.63) is 40.7 Å². The molecule has 0 unspecified atom stereocenters. The van der Waals surface area contributed by atoms with Crippen LogP contribution in [0, 0.1) is 27.7 Å². The van der Waals surface area contributed by atoms with Crippen LogP contribution in [0.1, 0.15) is 43.3 Å². The van der Waals surface area contributed by atoms with Crippen molar-refractivity contribution in [3.8, 4) is 0 Å². The lowest BCUT2D eigenvalue weighted by atomic mass is 10.1. The molecule has 1 N–H and O–H groups in total. The summed E-state index contributed by atoms with van der Waals surface area (Å²) in [6.45, 7) is 13.5. The van der Waals surface area contributed by atoms with Gasteiger partial charge in [0.05, 0.1) is 16.9 Å². The molecule has 23 heavy (non-hydrogen) atoms. The van der Waals surface area contributed by atoms with E-state index in [9.17, 15) is 8.42 Å². The Bertz CT molecular complexity index is 843. The highest BCUT2D eigenvalue weighted by molar-refractivity contribution is 7.92. The molecule has 0 atom stereocenters. The Kier molecular flexibility index (Phi) is 4.32. The number of hydrogen-bond acceptors (Lipinski definition) is 3. The van der Waals surface area contributed by atoms with E-state index in [1.807, 2.05) is 46.8 Å². The van der Waals surface area contributed by atoms with Gasteiger partial charge in [-0.1, -0.05) is 6.07 Å². The van der Waals surface area contributed by atoms with Crippen molar-refractivity contribution in [2.75, 3.05) is 4.72 Å². The van der Waals surface area contributed by atoms with E-state index in [4.69, 9.17) is 0 Å². The van der Waals surface area contributed by atoms with Gasteiger partial charge in [0.2, 0.25) is 0 Å². The van der Waals surface area contributed by atoms with Crippen LogP contribution < -0.4 is 4.72 Å². The topological polar surface area (TPSA) is 64.0 Å². The molecule has 126 valence electrons. The van der Waals surface area contributed by atoms with Crippen LogP contribution in [0.15, 0.2) is 23.1 Å². The Morgan fingerprint density at radius 1 is 1.04 bits per heavy atom. The van der Waals surface area contributed by atoms with E-state index < -0.39 is 10.0 Å². The molecule has 0 spiro atoms. The second-order valence-corrected chi connectivity index (χ2v) is 8.61. The number of aromatic nitrogens is 2. The lowest BCUT2D eigenvalue weighted by Gasteiger charge is -2.21. The average Bonchev–Trinajstić information content (AvgIpc) is 2.69. The van der Waals surface area contributed by atoms with Gasteiger partial charge in [0.1, 0.15) is 4.90 Å². The van der Waals surface area contributed by atoms with Crippen LogP contribution in [0.4, 0.5) is 5.69 Å². The van der Waals surface area contributed by atoms with Crippen LogP contribution in [0.2, 0.25) is 0 Å². The molecule has 1 heterocycles. The fraction of sp³-hybridized carbons (Fsp3) is 0.471. The van der Waals surface area contributed by atoms with Crippen LogP contribution in [0.3, 0.4) is 0 Å². The molecule has 0 fully saturated rings. The van der Waals surface area contributed by atoms with Crippen LogP contribution in [-0.2, 0) is 15.6 Å². The molecule has 0 radical (unpaired) electrons. The first kappa shape index (κ1) is 17.5. The summed E-state index contributed by atoms with van der Waals surface area (Å²) >= 11 is 0. The van der Waals surface area contributed by atoms with Crippen LogP contribution >= 0.6 is 0 Å². The van der Waals surface area contributed by atoms with Crippen LogP contribution in [0.5, 0.6) is 0 Å². The zero-order chi connectivity index (χ0) is 17.6. The smallest absolute Gasteiger partial charge is 0.265 e. The minimum Gasteiger partial charge on any atom is -0.280 e. The van der Waals surface area contributed by atoms with Crippen molar-refractivity contribution in [2.24, 2.45) is 0 Å². The zero-order valence-electron chi connectivity index (χ0n) is 14.9. The molecule has 0 bridgehead atoms. The molecule has 6 heteroatoms. The predicted molar refractivity (Wildman–Crippen MR) is 93.4 cm³/mol. The van der Waals surface area contributed by atoms with Crippen LogP contribution in [0.25, 0.3) is 0 Å². The van der Waals surface area contributed by atoms with Crippen molar-refractivity contribution in [1.82, 2.24) is 9.78 Å². The van der Waals surface area contributed by atoms with Gasteiger partial charge < -0.3 is 0 Å². The third-order valence-corrected chi connectivity index (χ3v) is 5.52. The van der Waals surface area contributed by atoms with Crippen molar-refractivity contribution >= 4 is 15.7 Å². The molecular weight excluding hydrogens is 310 g/mol. The minimum absolute atomic E-state index is 0.255. The highest BCUT2D eigenvalue weighted by Gasteiger charge is 2.28. The summed E-state index contributed by atoms with van der Waals surface area (Å²) < 4.78 is 30.1. The quantitative estimate of drug-likeness (QED) is 0.931. The van der Waals surface area contributed by atoms with Gasteiger partial charge >= 0.3 is 0 Å². The number of nitrogens with one attached hydrogen (secondary N) is 1. The third-order valence-electron chi connectivity index (χ3n) is 3.89. The van der Waals surface area contributed by atoms with E-state index in [0.29, 0.717) is 17.1 Å². The van der Waals surface area contributed by atoms with Gasteiger partial charge in [0, 0.05) is 5.69 Å². The van der Waals surface area contributed by atoms with Crippen molar-refractivity contribution in [1.29, 1.82) is 0 Å². The lowest BCUT2D eigenvalue weighted by Crippen LogP contribution is -2.25. The van der Waals surface area contributed by atoms with E-state index in [1.54, 1.807) is 24.6 Å². The number of hydrogen-bond donors (Lipinski definition) is 1. The highest BCUT2D eigenvalue weighted by Crippen LogP contribution is 2.27. The number of rotatable bonds is 3. The summed E-state index contributed by atoms with van der Waals surface area (Å²) in [6, 6.07) is 5.52. The van der Waals surface area contributed by atoms with E-state index >= 15 is 0 Å². The van der Waals surface area contributed by atoms with Gasteiger partial charge in [-0.2, -0.15) is 5.10 Å². The van der Waals surface area contributed by atoms with Crippen molar-refractivity contribution < 1.29 is 8.42 Å². The normalized spacial score (nSPS) is 12.5. The van der Waals surface area contributed by atoms with Gasteiger partial charge in [0.15, 0.2) is 0 Å². The van der Waals surface area contributed by atoms with Gasteiger partial charge in [0.25, 0.3) is 10.0 Å². The van der Waals surface area contributed by atoms with Gasteiger partial charge in [-0.15, -0.1) is 0 Å². The number of aryl methyl sites for hydroxylation is 3. The number of benzene rings is 1. The van der Waals surface area contributed by atoms with Crippen molar-refractivity contribution in [2.45, 2.75) is 58.9 Å². The van der Waals surface area contributed by atoms with E-state index in [-0.39, 0.29) is 10.4 Å². The minimum atomic E-state index is -3.68. The van der Waals surface area contributed by atoms with Gasteiger partial charge in [-0.25, -0.2) is 8.42 Å². The molecule has 1 aromatic heterocycles. The molecule has 0 amide bonds. The monoisotopic (exact) mass is 335 g/mol. The second kappa shape index (κ2) is 5.67. The fourth-order valence-electron chi connectivity index (χ4n) is 2.68. The standard InChI is InChI=1S/C17H25N3O2S/c1-11-8-9-15(10-12(11)2)19-23(21,22)16-13(3)18-20(14(16)4)17(5,6)7/h8-10,19H,1-7H3. The maximum Gasteiger partial charge on any atom is 0.265 e. The second-order valence-electron chi connectivity index (χ2n) is 6.99. The summed E-state index contributed by atoms with van der Waals surface area (Å²) in [7, 11) is -3.68. The molecular formula is C17H25N3O2S. The third kappa shape index (κ3) is 3.42. The molecule has 2 aromatic rings. The summed E-state index contributed by atoms with van der Waals surface area (Å²) in [5, 5.41) is 4.42. The Morgan fingerprint density at radius 3 is 2.13 bits per heavy atom. The molecule has 5 nitrogen and oxygen atoms in total. The Morgan fingerprint density at radius 2 is 1.65 bits per heavy atom. The highest BCUT2D eigenvalue weighted by atomic mass is 32.2. The fourth-order valence-corrected chi connectivity index (χ4v) is 4.13. The first-order valence-corrected chi connectivity index (χ1v) is 9.08. The molecule has 0 aliphatic carbocycles. The van der Waals surface area contributed by atoms with Crippen molar-refractivity contribution in [3.63, 3.8) is 0 Å². The molecule has 0 aliphatic heterocycles. The first-order valence-electron chi connectivity index (χ1n) is 7.60. The molecule has 0 saturated heterocycles. The largest absolute Gasteiger partial charge is 0.280 e. The maximum atomic E-state index is 12.8. The Hall–Kier alpha value is -1.82. The maximum absolute atomic E-state index is 12.8. The number of nitrogens with zero attached hydrogens (tertiary/aromatic N) is 2. The molecule has 0 aliphatic rings. The van der Waals surface area contributed by atoms with Crippen LogP contribution in [-0.4, -0.2) is 18.2 Å². The van der Waals surface area contributed by atoms with E-state index in [0.717, 1.165) is 11.1 Å². The molecule has 1 aromatic carbocycles. The Balaban J connectivity index is 2.48. The van der Waals surface area contributed by atoms with Gasteiger partial charge in [-0.3, -0.25) is 9.40 Å². The average molecular weight is 335 g/mol. The summed E-state index contributed by atoms with van der Waals surface area (Å²) in [6.07, 6.45) is 0. The lowest BCUT2D eigenvalue weighted by molar-refractivity contribution is 0.345. The summed E-state index contributed by atoms with van der Waals surface area (Å²) in [4.78, 5) is 0.255. The van der Waals surface area contributed by atoms with E-state index in [1.165, 1.54) is 0 Å². The predicted octanol–water partition coefficient (Wildman–Crippen LogP) is 3.67. The number of sulfonamides is 1. The van der Waals surface area contributed by atoms with E-state index in [2.05, 4.69) is 9.82 Å². The summed E-state index contributed by atoms with van der Waals surface area (Å²) in [5.74, 6) is 0. The number of anilines is 1.